The molecule has 1 unspecified atom stereocenters. The van der Waals surface area contributed by atoms with Crippen molar-refractivity contribution in [2.45, 2.75) is 19.1 Å². The Morgan fingerprint density at radius 2 is 1.83 bits per heavy atom. The van der Waals surface area contributed by atoms with Gasteiger partial charge in [-0.25, -0.2) is 0 Å². The largest absolute Gasteiger partial charge is 0.369 e. The number of aliphatic imine (C=N–C) groups is 1. The summed E-state index contributed by atoms with van der Waals surface area (Å²) in [6.45, 7) is 1.27. The van der Waals surface area contributed by atoms with Crippen LogP contribution in [-0.2, 0) is 6.42 Å². The predicted molar refractivity (Wildman–Crippen MR) is 88.6 cm³/mol. The fraction of sp³-hybridized carbons (Fsp3) is 0.263. The number of amides is 1. The third-order valence-corrected chi connectivity index (χ3v) is 4.63. The lowest BCUT2D eigenvalue weighted by atomic mass is 9.96. The van der Waals surface area contributed by atoms with Crippen LogP contribution in [0.15, 0.2) is 53.5 Å². The van der Waals surface area contributed by atoms with Crippen LogP contribution in [-0.4, -0.2) is 34.7 Å². The molecule has 0 radical (unpaired) electrons. The minimum atomic E-state index is -0.849. The molecule has 23 heavy (non-hydrogen) atoms. The fourth-order valence-electron chi connectivity index (χ4n) is 3.43. The number of hydrogen-bond acceptors (Lipinski definition) is 3. The first-order chi connectivity index (χ1) is 11.3. The van der Waals surface area contributed by atoms with Crippen LogP contribution in [0, 0.1) is 0 Å². The second-order valence-corrected chi connectivity index (χ2v) is 5.95. The topological polar surface area (TPSA) is 52.9 Å². The highest BCUT2D eigenvalue weighted by molar-refractivity contribution is 6.03. The summed E-state index contributed by atoms with van der Waals surface area (Å²) in [5.74, 6) is -0.0993. The van der Waals surface area contributed by atoms with E-state index in [0.717, 1.165) is 18.7 Å². The van der Waals surface area contributed by atoms with E-state index in [2.05, 4.69) is 17.1 Å². The van der Waals surface area contributed by atoms with Crippen molar-refractivity contribution in [2.75, 3.05) is 13.1 Å². The smallest absolute Gasteiger partial charge is 0.256 e. The molecule has 2 aromatic carbocycles. The summed E-state index contributed by atoms with van der Waals surface area (Å²) in [7, 11) is 0. The van der Waals surface area contributed by atoms with Gasteiger partial charge in [-0.15, -0.1) is 0 Å². The third kappa shape index (κ3) is 2.35. The Bertz CT molecular complexity index is 797. The van der Waals surface area contributed by atoms with Gasteiger partial charge < -0.3 is 10.0 Å². The van der Waals surface area contributed by atoms with Crippen molar-refractivity contribution in [2.24, 2.45) is 4.99 Å². The second-order valence-electron chi connectivity index (χ2n) is 5.95. The normalized spacial score (nSPS) is 19.3. The van der Waals surface area contributed by atoms with Crippen molar-refractivity contribution in [3.63, 3.8) is 0 Å². The van der Waals surface area contributed by atoms with Gasteiger partial charge in [-0.3, -0.25) is 9.79 Å². The maximum Gasteiger partial charge on any atom is 0.256 e. The van der Waals surface area contributed by atoms with Gasteiger partial charge in [0.15, 0.2) is 6.23 Å². The summed E-state index contributed by atoms with van der Waals surface area (Å²) < 4.78 is 0. The third-order valence-electron chi connectivity index (χ3n) is 4.63. The minimum absolute atomic E-state index is 0.0993. The Labute approximate surface area is 135 Å². The zero-order valence-electron chi connectivity index (χ0n) is 12.8. The molecule has 0 fully saturated rings. The number of carbonyl (C=O) groups excluding carboxylic acids is 1. The molecular weight excluding hydrogens is 288 g/mol. The molecule has 1 atom stereocenters. The van der Waals surface area contributed by atoms with Crippen LogP contribution in [0.4, 0.5) is 0 Å². The molecule has 116 valence electrons. The van der Waals surface area contributed by atoms with Gasteiger partial charge >= 0.3 is 0 Å². The lowest BCUT2D eigenvalue weighted by Crippen LogP contribution is -2.31. The summed E-state index contributed by atoms with van der Waals surface area (Å²) >= 11 is 0. The van der Waals surface area contributed by atoms with E-state index in [1.807, 2.05) is 30.3 Å². The Kier molecular flexibility index (Phi) is 3.46. The standard InChI is InChI=1S/C19H18N2O2/c22-18-15-7-3-4-8-16(15)19(23)21(18)12-10-17-14-6-2-1-5-13(14)9-11-20-17/h1-8,18,22H,9-12H2. The molecule has 0 bridgehead atoms. The molecule has 4 rings (SSSR count). The number of carbonyl (C=O) groups is 1. The van der Waals surface area contributed by atoms with Crippen molar-refractivity contribution < 1.29 is 9.90 Å². The van der Waals surface area contributed by atoms with E-state index in [9.17, 15) is 9.90 Å². The van der Waals surface area contributed by atoms with E-state index in [4.69, 9.17) is 0 Å². The molecule has 1 N–H and O–H groups in total. The summed E-state index contributed by atoms with van der Waals surface area (Å²) in [5.41, 5.74) is 4.82. The Balaban J connectivity index is 1.53. The van der Waals surface area contributed by atoms with Crippen molar-refractivity contribution in [1.29, 1.82) is 0 Å². The quantitative estimate of drug-likeness (QED) is 0.947. The first-order valence-electron chi connectivity index (χ1n) is 7.95. The van der Waals surface area contributed by atoms with E-state index in [1.165, 1.54) is 16.0 Å². The summed E-state index contributed by atoms with van der Waals surface area (Å²) in [6, 6.07) is 15.5. The van der Waals surface area contributed by atoms with E-state index in [-0.39, 0.29) is 5.91 Å². The molecule has 4 nitrogen and oxygen atoms in total. The van der Waals surface area contributed by atoms with Gasteiger partial charge in [-0.1, -0.05) is 42.5 Å². The Morgan fingerprint density at radius 1 is 1.09 bits per heavy atom. The first kappa shape index (κ1) is 14.2. The summed E-state index contributed by atoms with van der Waals surface area (Å²) in [4.78, 5) is 18.6. The first-order valence-corrected chi connectivity index (χ1v) is 7.95. The van der Waals surface area contributed by atoms with Crippen molar-refractivity contribution in [1.82, 2.24) is 4.90 Å². The van der Waals surface area contributed by atoms with Gasteiger partial charge in [0.25, 0.3) is 5.91 Å². The molecule has 4 heteroatoms. The van der Waals surface area contributed by atoms with Crippen LogP contribution in [0.2, 0.25) is 0 Å². The van der Waals surface area contributed by atoms with Gasteiger partial charge in [0, 0.05) is 36.3 Å². The van der Waals surface area contributed by atoms with Gasteiger partial charge in [-0.05, 0) is 23.6 Å². The maximum absolute atomic E-state index is 12.5. The highest BCUT2D eigenvalue weighted by Crippen LogP contribution is 2.31. The number of fused-ring (bicyclic) bond motifs is 2. The number of rotatable bonds is 3. The Hall–Kier alpha value is -2.46. The molecule has 0 saturated heterocycles. The van der Waals surface area contributed by atoms with Gasteiger partial charge in [0.05, 0.1) is 0 Å². The lowest BCUT2D eigenvalue weighted by molar-refractivity contribution is 0.0190. The molecule has 2 aliphatic rings. The highest BCUT2D eigenvalue weighted by atomic mass is 16.3. The highest BCUT2D eigenvalue weighted by Gasteiger charge is 2.34. The van der Waals surface area contributed by atoms with Crippen LogP contribution >= 0.6 is 0 Å². The zero-order valence-corrected chi connectivity index (χ0v) is 12.8. The number of nitrogens with zero attached hydrogens (tertiary/aromatic N) is 2. The van der Waals surface area contributed by atoms with Gasteiger partial charge in [0.2, 0.25) is 0 Å². The fourth-order valence-corrected chi connectivity index (χ4v) is 3.43. The molecule has 0 spiro atoms. The van der Waals surface area contributed by atoms with Crippen LogP contribution in [0.25, 0.3) is 0 Å². The predicted octanol–water partition coefficient (Wildman–Crippen LogP) is 2.57. The van der Waals surface area contributed by atoms with E-state index in [0.29, 0.717) is 24.1 Å². The van der Waals surface area contributed by atoms with E-state index >= 15 is 0 Å². The van der Waals surface area contributed by atoms with Gasteiger partial charge in [-0.2, -0.15) is 0 Å². The Morgan fingerprint density at radius 3 is 2.65 bits per heavy atom. The SMILES string of the molecule is O=C1c2ccccc2C(O)N1CCC1=NCCc2ccccc21. The van der Waals surface area contributed by atoms with Crippen LogP contribution < -0.4 is 0 Å². The molecule has 2 aromatic rings. The summed E-state index contributed by atoms with van der Waals surface area (Å²) in [6.07, 6.45) is 0.780. The van der Waals surface area contributed by atoms with Crippen LogP contribution in [0.5, 0.6) is 0 Å². The van der Waals surface area contributed by atoms with Crippen molar-refractivity contribution >= 4 is 11.6 Å². The number of benzene rings is 2. The van der Waals surface area contributed by atoms with Gasteiger partial charge in [0.1, 0.15) is 0 Å². The molecule has 0 saturated carbocycles. The number of aliphatic hydroxyl groups is 1. The van der Waals surface area contributed by atoms with Crippen LogP contribution in [0.3, 0.4) is 0 Å². The van der Waals surface area contributed by atoms with Crippen molar-refractivity contribution in [3.05, 3.63) is 70.8 Å². The molecule has 2 heterocycles. The maximum atomic E-state index is 12.5. The van der Waals surface area contributed by atoms with E-state index in [1.54, 1.807) is 6.07 Å². The molecule has 1 amide bonds. The molecule has 0 aromatic heterocycles. The number of aliphatic hydroxyl groups excluding tert-OH is 1. The average Bonchev–Trinajstić information content (AvgIpc) is 2.84. The average molecular weight is 306 g/mol. The molecule has 0 aliphatic carbocycles. The summed E-state index contributed by atoms with van der Waals surface area (Å²) in [5, 5.41) is 10.4. The second kappa shape index (κ2) is 5.63. The zero-order chi connectivity index (χ0) is 15.8. The number of hydrogen-bond donors (Lipinski definition) is 1. The van der Waals surface area contributed by atoms with E-state index < -0.39 is 6.23 Å². The molecular formula is C19H18N2O2. The lowest BCUT2D eigenvalue weighted by Gasteiger charge is -2.23. The monoisotopic (exact) mass is 306 g/mol. The molecule has 2 aliphatic heterocycles. The minimum Gasteiger partial charge on any atom is -0.369 e. The van der Waals surface area contributed by atoms with Crippen molar-refractivity contribution in [3.8, 4) is 0 Å². The van der Waals surface area contributed by atoms with Crippen LogP contribution in [0.1, 0.15) is 39.7 Å².